The molecule has 1 fully saturated rings. The Hall–Kier alpha value is -1.08. The van der Waals surface area contributed by atoms with Crippen LogP contribution in [0.2, 0.25) is 0 Å². The van der Waals surface area contributed by atoms with Crippen LogP contribution in [0.5, 0.6) is 0 Å². The molecule has 0 bridgehead atoms. The largest absolute Gasteiger partial charge is 0.393 e. The summed E-state index contributed by atoms with van der Waals surface area (Å²) in [5, 5.41) is 10.7. The Morgan fingerprint density at radius 1 is 1.25 bits per heavy atom. The molecule has 1 unspecified atom stereocenters. The standard InChI is InChI=1S/C23H36O/c1-5-8-23-19(6-2)9-7-10-21(23)16-22(24)15-18-11-13-20(14-12-18)17(3)4/h5-6,8-9,17-18,20,22,24H,2,7,10-16H2,1,3-4H3/b8-5-. The second kappa shape index (κ2) is 9.42. The van der Waals surface area contributed by atoms with Crippen LogP contribution in [0.25, 0.3) is 0 Å². The lowest BCUT2D eigenvalue weighted by atomic mass is 9.75. The Labute approximate surface area is 149 Å². The van der Waals surface area contributed by atoms with Crippen molar-refractivity contribution in [3.05, 3.63) is 47.6 Å². The zero-order valence-electron chi connectivity index (χ0n) is 15.9. The maximum absolute atomic E-state index is 10.7. The average molecular weight is 329 g/mol. The summed E-state index contributed by atoms with van der Waals surface area (Å²) < 4.78 is 0. The number of aliphatic hydroxyl groups is 1. The van der Waals surface area contributed by atoms with Crippen LogP contribution < -0.4 is 0 Å². The van der Waals surface area contributed by atoms with Crippen molar-refractivity contribution in [3.8, 4) is 0 Å². The van der Waals surface area contributed by atoms with Gasteiger partial charge in [0.25, 0.3) is 0 Å². The molecule has 2 aliphatic carbocycles. The van der Waals surface area contributed by atoms with Crippen molar-refractivity contribution in [1.82, 2.24) is 0 Å². The van der Waals surface area contributed by atoms with E-state index in [0.717, 1.165) is 43.4 Å². The van der Waals surface area contributed by atoms with E-state index >= 15 is 0 Å². The molecule has 0 heterocycles. The van der Waals surface area contributed by atoms with Gasteiger partial charge < -0.3 is 5.11 Å². The van der Waals surface area contributed by atoms with Gasteiger partial charge in [-0.3, -0.25) is 0 Å². The molecule has 1 nitrogen and oxygen atoms in total. The van der Waals surface area contributed by atoms with E-state index in [2.05, 4.69) is 45.6 Å². The van der Waals surface area contributed by atoms with Crippen molar-refractivity contribution < 1.29 is 5.11 Å². The highest BCUT2D eigenvalue weighted by molar-refractivity contribution is 5.50. The van der Waals surface area contributed by atoms with Crippen LogP contribution in [0.1, 0.15) is 72.1 Å². The van der Waals surface area contributed by atoms with Gasteiger partial charge in [-0.25, -0.2) is 0 Å². The molecule has 1 saturated carbocycles. The molecule has 0 aromatic carbocycles. The quantitative estimate of drug-likeness (QED) is 0.576. The highest BCUT2D eigenvalue weighted by Crippen LogP contribution is 2.37. The predicted octanol–water partition coefficient (Wildman–Crippen LogP) is 6.37. The number of allylic oxidation sites excluding steroid dienone is 6. The van der Waals surface area contributed by atoms with Gasteiger partial charge in [0.05, 0.1) is 6.10 Å². The Bertz CT molecular complexity index is 498. The van der Waals surface area contributed by atoms with Gasteiger partial charge in [-0.1, -0.05) is 63.1 Å². The Balaban J connectivity index is 1.92. The summed E-state index contributed by atoms with van der Waals surface area (Å²) >= 11 is 0. The van der Waals surface area contributed by atoms with E-state index in [0.29, 0.717) is 0 Å². The smallest absolute Gasteiger partial charge is 0.0580 e. The molecular weight excluding hydrogens is 292 g/mol. The topological polar surface area (TPSA) is 20.2 Å². The fourth-order valence-corrected chi connectivity index (χ4v) is 4.48. The van der Waals surface area contributed by atoms with Crippen molar-refractivity contribution >= 4 is 0 Å². The fourth-order valence-electron chi connectivity index (χ4n) is 4.48. The summed E-state index contributed by atoms with van der Waals surface area (Å²) in [5.41, 5.74) is 3.94. The molecule has 134 valence electrons. The number of rotatable bonds is 7. The minimum atomic E-state index is -0.190. The zero-order chi connectivity index (χ0) is 17.5. The van der Waals surface area contributed by atoms with E-state index in [1.807, 2.05) is 6.08 Å². The maximum Gasteiger partial charge on any atom is 0.0580 e. The number of hydrogen-bond acceptors (Lipinski definition) is 1. The first-order valence-electron chi connectivity index (χ1n) is 9.90. The summed E-state index contributed by atoms with van der Waals surface area (Å²) in [6.45, 7) is 10.7. The molecule has 0 saturated heterocycles. The molecule has 0 aromatic heterocycles. The second-order valence-electron chi connectivity index (χ2n) is 8.04. The third-order valence-electron chi connectivity index (χ3n) is 5.98. The summed E-state index contributed by atoms with van der Waals surface area (Å²) in [4.78, 5) is 0. The highest BCUT2D eigenvalue weighted by atomic mass is 16.3. The molecule has 1 N–H and O–H groups in total. The van der Waals surface area contributed by atoms with Gasteiger partial charge in [0.2, 0.25) is 0 Å². The lowest BCUT2D eigenvalue weighted by Crippen LogP contribution is -2.22. The van der Waals surface area contributed by atoms with E-state index in [9.17, 15) is 5.11 Å². The van der Waals surface area contributed by atoms with E-state index in [1.165, 1.54) is 42.4 Å². The van der Waals surface area contributed by atoms with Crippen molar-refractivity contribution in [2.75, 3.05) is 0 Å². The molecular formula is C23H36O. The van der Waals surface area contributed by atoms with Crippen LogP contribution in [-0.4, -0.2) is 11.2 Å². The van der Waals surface area contributed by atoms with E-state index in [4.69, 9.17) is 0 Å². The summed E-state index contributed by atoms with van der Waals surface area (Å²) in [7, 11) is 0. The summed E-state index contributed by atoms with van der Waals surface area (Å²) in [5.74, 6) is 2.44. The molecule has 2 aliphatic rings. The Kier molecular flexibility index (Phi) is 7.55. The van der Waals surface area contributed by atoms with Crippen molar-refractivity contribution in [1.29, 1.82) is 0 Å². The van der Waals surface area contributed by atoms with E-state index in [1.54, 1.807) is 0 Å². The van der Waals surface area contributed by atoms with Gasteiger partial charge in [-0.15, -0.1) is 0 Å². The first-order valence-corrected chi connectivity index (χ1v) is 9.90. The predicted molar refractivity (Wildman–Crippen MR) is 105 cm³/mol. The number of hydrogen-bond donors (Lipinski definition) is 1. The Morgan fingerprint density at radius 3 is 2.54 bits per heavy atom. The Morgan fingerprint density at radius 2 is 1.96 bits per heavy atom. The molecule has 2 rings (SSSR count). The van der Waals surface area contributed by atoms with Gasteiger partial charge in [0.15, 0.2) is 0 Å². The molecule has 0 spiro atoms. The molecule has 24 heavy (non-hydrogen) atoms. The fraction of sp³-hybridized carbons (Fsp3) is 0.652. The molecule has 1 heteroatoms. The molecule has 0 radical (unpaired) electrons. The third-order valence-corrected chi connectivity index (χ3v) is 5.98. The lowest BCUT2D eigenvalue weighted by molar-refractivity contribution is 0.115. The van der Waals surface area contributed by atoms with E-state index in [-0.39, 0.29) is 6.10 Å². The first-order chi connectivity index (χ1) is 11.5. The molecule has 1 atom stereocenters. The normalized spacial score (nSPS) is 26.8. The second-order valence-corrected chi connectivity index (χ2v) is 8.04. The van der Waals surface area contributed by atoms with Gasteiger partial charge in [-0.2, -0.15) is 0 Å². The first kappa shape index (κ1) is 19.2. The third kappa shape index (κ3) is 5.21. The number of aliphatic hydroxyl groups excluding tert-OH is 1. The van der Waals surface area contributed by atoms with E-state index < -0.39 is 0 Å². The zero-order valence-corrected chi connectivity index (χ0v) is 15.9. The molecule has 0 amide bonds. The van der Waals surface area contributed by atoms with Crippen molar-refractivity contribution in [2.45, 2.75) is 78.2 Å². The van der Waals surface area contributed by atoms with Crippen LogP contribution in [0.15, 0.2) is 47.6 Å². The van der Waals surface area contributed by atoms with Crippen LogP contribution in [0.3, 0.4) is 0 Å². The van der Waals surface area contributed by atoms with Crippen molar-refractivity contribution in [3.63, 3.8) is 0 Å². The molecule has 0 aromatic rings. The van der Waals surface area contributed by atoms with Gasteiger partial charge in [-0.05, 0) is 74.3 Å². The van der Waals surface area contributed by atoms with Crippen LogP contribution in [0.4, 0.5) is 0 Å². The minimum Gasteiger partial charge on any atom is -0.393 e. The molecule has 0 aliphatic heterocycles. The maximum atomic E-state index is 10.7. The summed E-state index contributed by atoms with van der Waals surface area (Å²) in [6, 6.07) is 0. The van der Waals surface area contributed by atoms with Gasteiger partial charge in [0.1, 0.15) is 0 Å². The SMILES string of the molecule is C=CC1=CCCC(CC(O)CC2CCC(C(C)C)CC2)=C1/C=C\C. The van der Waals surface area contributed by atoms with Crippen LogP contribution in [-0.2, 0) is 0 Å². The monoisotopic (exact) mass is 328 g/mol. The average Bonchev–Trinajstić information content (AvgIpc) is 2.57. The van der Waals surface area contributed by atoms with Crippen molar-refractivity contribution in [2.24, 2.45) is 17.8 Å². The van der Waals surface area contributed by atoms with Crippen LogP contribution in [0, 0.1) is 17.8 Å². The highest BCUT2D eigenvalue weighted by Gasteiger charge is 2.25. The lowest BCUT2D eigenvalue weighted by Gasteiger charge is -2.32. The van der Waals surface area contributed by atoms with Gasteiger partial charge in [0, 0.05) is 0 Å². The minimum absolute atomic E-state index is 0.190. The summed E-state index contributed by atoms with van der Waals surface area (Å²) in [6.07, 6.45) is 17.6. The van der Waals surface area contributed by atoms with Crippen LogP contribution >= 0.6 is 0 Å². The van der Waals surface area contributed by atoms with Gasteiger partial charge >= 0.3 is 0 Å².